The number of nitrogens with zero attached hydrogens (tertiary/aromatic N) is 3. The molecule has 1 unspecified atom stereocenters. The van der Waals surface area contributed by atoms with E-state index in [0.29, 0.717) is 38.7 Å². The maximum Gasteiger partial charge on any atom is 0.301 e. The quantitative estimate of drug-likeness (QED) is 0.0586. The van der Waals surface area contributed by atoms with Crippen LogP contribution in [0.2, 0.25) is 0 Å². The van der Waals surface area contributed by atoms with E-state index in [1.165, 1.54) is 44.3 Å². The molecule has 0 radical (unpaired) electrons. The third kappa shape index (κ3) is 5.73. The van der Waals surface area contributed by atoms with E-state index in [0.717, 1.165) is 17.5 Å². The van der Waals surface area contributed by atoms with Crippen LogP contribution in [-0.4, -0.2) is 33.6 Å². The molecule has 0 spiro atoms. The Hall–Kier alpha value is -4.47. The third-order valence-electron chi connectivity index (χ3n) is 7.59. The van der Waals surface area contributed by atoms with Gasteiger partial charge in [0.15, 0.2) is 4.34 Å². The molecule has 1 aromatic heterocycles. The lowest BCUT2D eigenvalue weighted by Gasteiger charge is -2.23. The van der Waals surface area contributed by atoms with Crippen LogP contribution in [-0.2, 0) is 15.3 Å². The number of aliphatic hydroxyl groups is 1. The fourth-order valence-corrected chi connectivity index (χ4v) is 7.24. The molecule has 1 aliphatic rings. The van der Waals surface area contributed by atoms with Gasteiger partial charge in [0.05, 0.1) is 18.2 Å². The second kappa shape index (κ2) is 12.6. The monoisotopic (exact) mass is 621 g/mol. The molecule has 5 aromatic rings. The number of rotatable bonds is 9. The summed E-state index contributed by atoms with van der Waals surface area (Å²) in [6.07, 6.45) is 0.871. The second-order valence-corrected chi connectivity index (χ2v) is 12.9. The number of aromatic nitrogens is 2. The highest BCUT2D eigenvalue weighted by Crippen LogP contribution is 2.44. The molecule has 2 heterocycles. The van der Waals surface area contributed by atoms with Crippen molar-refractivity contribution in [2.45, 2.75) is 43.3 Å². The minimum Gasteiger partial charge on any atom is -0.507 e. The summed E-state index contributed by atoms with van der Waals surface area (Å²) in [5.41, 5.74) is 4.08. The summed E-state index contributed by atoms with van der Waals surface area (Å²) in [6.45, 7) is 6.39. The first-order chi connectivity index (χ1) is 21.4. The summed E-state index contributed by atoms with van der Waals surface area (Å²) >= 11 is 2.78. The molecule has 1 atom stereocenters. The smallest absolute Gasteiger partial charge is 0.301 e. The molecule has 0 bridgehead atoms. The zero-order valence-corrected chi connectivity index (χ0v) is 26.2. The molecule has 9 heteroatoms. The van der Waals surface area contributed by atoms with Crippen molar-refractivity contribution in [2.24, 2.45) is 0 Å². The minimum atomic E-state index is -0.890. The molecule has 1 amide bonds. The number of anilines is 1. The number of Topliss-reactive ketones (excluding diaryl/α,β-unsaturated/α-hetero) is 1. The van der Waals surface area contributed by atoms with Crippen LogP contribution in [0.3, 0.4) is 0 Å². The molecule has 1 N–H and O–H groups in total. The van der Waals surface area contributed by atoms with Crippen molar-refractivity contribution >= 4 is 56.5 Å². The van der Waals surface area contributed by atoms with Crippen LogP contribution in [0.5, 0.6) is 5.75 Å². The molecular formula is C35H31N3O4S2. The fraction of sp³-hybridized carbons (Fsp3) is 0.200. The average molecular weight is 622 g/mol. The normalized spacial score (nSPS) is 16.2. The van der Waals surface area contributed by atoms with Gasteiger partial charge in [-0.05, 0) is 65.9 Å². The van der Waals surface area contributed by atoms with E-state index >= 15 is 0 Å². The number of carbonyl (C=O) groups is 2. The standard InChI is InChI=1S/C35H31N3O4S2/c1-4-18-42-26-16-14-24(15-17-26)30-29(31(39)28-19-21(2)12-13-22(28)3)32(40)33(41)38(30)34-36-37-35(44-34)43-20-25-10-7-9-23-8-5-6-11-27(23)25/h5-17,19,30,39H,4,18,20H2,1-3H3. The Morgan fingerprint density at radius 2 is 1.75 bits per heavy atom. The summed E-state index contributed by atoms with van der Waals surface area (Å²) in [4.78, 5) is 28.7. The number of hydrogen-bond acceptors (Lipinski definition) is 8. The number of amides is 1. The predicted octanol–water partition coefficient (Wildman–Crippen LogP) is 8.02. The van der Waals surface area contributed by atoms with Gasteiger partial charge in [0.2, 0.25) is 5.13 Å². The first kappa shape index (κ1) is 29.6. The summed E-state index contributed by atoms with van der Waals surface area (Å²) < 4.78 is 6.43. The lowest BCUT2D eigenvalue weighted by molar-refractivity contribution is -0.132. The van der Waals surface area contributed by atoms with Gasteiger partial charge in [0.1, 0.15) is 11.5 Å². The van der Waals surface area contributed by atoms with Gasteiger partial charge >= 0.3 is 5.91 Å². The maximum absolute atomic E-state index is 13.7. The predicted molar refractivity (Wildman–Crippen MR) is 176 cm³/mol. The Morgan fingerprint density at radius 1 is 0.977 bits per heavy atom. The second-order valence-electron chi connectivity index (χ2n) is 10.7. The topological polar surface area (TPSA) is 92.6 Å². The van der Waals surface area contributed by atoms with Crippen LogP contribution in [0.25, 0.3) is 16.5 Å². The Morgan fingerprint density at radius 3 is 2.55 bits per heavy atom. The van der Waals surface area contributed by atoms with Gasteiger partial charge in [-0.3, -0.25) is 14.5 Å². The number of ether oxygens (including phenoxy) is 1. The molecule has 1 saturated heterocycles. The highest BCUT2D eigenvalue weighted by molar-refractivity contribution is 8.00. The Bertz CT molecular complexity index is 1890. The van der Waals surface area contributed by atoms with E-state index < -0.39 is 17.7 Å². The number of fused-ring (bicyclic) bond motifs is 1. The molecule has 6 rings (SSSR count). The van der Waals surface area contributed by atoms with Gasteiger partial charge in [-0.2, -0.15) is 0 Å². The zero-order chi connectivity index (χ0) is 30.8. The van der Waals surface area contributed by atoms with Crippen molar-refractivity contribution in [3.8, 4) is 5.75 Å². The minimum absolute atomic E-state index is 0.0195. The van der Waals surface area contributed by atoms with Crippen LogP contribution in [0, 0.1) is 13.8 Å². The van der Waals surface area contributed by atoms with E-state index in [1.807, 2.05) is 81.4 Å². The van der Waals surface area contributed by atoms with Crippen molar-refractivity contribution in [3.05, 3.63) is 118 Å². The van der Waals surface area contributed by atoms with E-state index in [9.17, 15) is 14.7 Å². The number of carbonyl (C=O) groups excluding carboxylic acids is 2. The van der Waals surface area contributed by atoms with Gasteiger partial charge in [0.25, 0.3) is 5.78 Å². The molecule has 0 aliphatic carbocycles. The largest absolute Gasteiger partial charge is 0.507 e. The van der Waals surface area contributed by atoms with E-state index in [2.05, 4.69) is 34.5 Å². The third-order valence-corrected chi connectivity index (χ3v) is 9.70. The maximum atomic E-state index is 13.7. The number of aryl methyl sites for hydroxylation is 2. The van der Waals surface area contributed by atoms with Crippen molar-refractivity contribution in [1.82, 2.24) is 10.2 Å². The Kier molecular flexibility index (Phi) is 8.50. The van der Waals surface area contributed by atoms with Crippen LogP contribution in [0.15, 0.2) is 94.8 Å². The molecule has 0 saturated carbocycles. The van der Waals surface area contributed by atoms with Crippen LogP contribution < -0.4 is 9.64 Å². The van der Waals surface area contributed by atoms with E-state index in [-0.39, 0.29) is 11.3 Å². The molecule has 1 aliphatic heterocycles. The van der Waals surface area contributed by atoms with Crippen LogP contribution >= 0.6 is 23.1 Å². The number of aliphatic hydroxyl groups excluding tert-OH is 1. The highest BCUT2D eigenvalue weighted by atomic mass is 32.2. The van der Waals surface area contributed by atoms with Gasteiger partial charge in [-0.15, -0.1) is 10.2 Å². The molecule has 44 heavy (non-hydrogen) atoms. The lowest BCUT2D eigenvalue weighted by Crippen LogP contribution is -2.29. The number of ketones is 1. The van der Waals surface area contributed by atoms with Gasteiger partial charge in [-0.25, -0.2) is 0 Å². The summed E-state index contributed by atoms with van der Waals surface area (Å²) in [6, 6.07) is 26.5. The first-order valence-electron chi connectivity index (χ1n) is 14.4. The summed E-state index contributed by atoms with van der Waals surface area (Å²) in [7, 11) is 0. The van der Waals surface area contributed by atoms with Crippen LogP contribution in [0.4, 0.5) is 5.13 Å². The van der Waals surface area contributed by atoms with Gasteiger partial charge in [-0.1, -0.05) is 102 Å². The first-order valence-corrected chi connectivity index (χ1v) is 16.2. The van der Waals surface area contributed by atoms with Crippen molar-refractivity contribution < 1.29 is 19.4 Å². The van der Waals surface area contributed by atoms with Crippen molar-refractivity contribution in [2.75, 3.05) is 11.5 Å². The molecular weight excluding hydrogens is 591 g/mol. The Labute approximate surface area is 264 Å². The average Bonchev–Trinajstić information content (AvgIpc) is 3.61. The van der Waals surface area contributed by atoms with Crippen molar-refractivity contribution in [1.29, 1.82) is 0 Å². The molecule has 222 valence electrons. The van der Waals surface area contributed by atoms with E-state index in [1.54, 1.807) is 0 Å². The highest BCUT2D eigenvalue weighted by Gasteiger charge is 2.48. The summed E-state index contributed by atoms with van der Waals surface area (Å²) in [5.74, 6) is -0.372. The zero-order valence-electron chi connectivity index (χ0n) is 24.6. The van der Waals surface area contributed by atoms with Gasteiger partial charge in [0, 0.05) is 11.3 Å². The van der Waals surface area contributed by atoms with Gasteiger partial charge < -0.3 is 9.84 Å². The van der Waals surface area contributed by atoms with Crippen LogP contribution in [0.1, 0.15) is 47.2 Å². The molecule has 1 fully saturated rings. The summed E-state index contributed by atoms with van der Waals surface area (Å²) in [5, 5.41) is 23.0. The lowest BCUT2D eigenvalue weighted by atomic mass is 9.93. The number of hydrogen-bond donors (Lipinski definition) is 1. The SMILES string of the molecule is CCCOc1ccc(C2C(=C(O)c3cc(C)ccc3C)C(=O)C(=O)N2c2nnc(SCc3cccc4ccccc34)s2)cc1. The number of benzene rings is 4. The molecule has 4 aromatic carbocycles. The van der Waals surface area contributed by atoms with E-state index in [4.69, 9.17) is 4.74 Å². The Balaban J connectivity index is 1.38. The van der Waals surface area contributed by atoms with Crippen molar-refractivity contribution in [3.63, 3.8) is 0 Å². The fourth-order valence-electron chi connectivity index (χ4n) is 5.36. The molecule has 7 nitrogen and oxygen atoms in total. The number of thioether (sulfide) groups is 1.